The van der Waals surface area contributed by atoms with E-state index in [1.165, 1.54) is 31.8 Å². The molecular weight excluding hydrogens is 500 g/mol. The number of amides is 1. The lowest BCUT2D eigenvalue weighted by molar-refractivity contribution is -0.125. The highest BCUT2D eigenvalue weighted by atomic mass is 32.2. The van der Waals surface area contributed by atoms with Crippen LogP contribution in [0, 0.1) is 18.8 Å². The topological polar surface area (TPSA) is 113 Å². The third kappa shape index (κ3) is 8.13. The number of carbonyl (C=O) groups excluding carboxylic acids is 1. The second-order valence-electron chi connectivity index (χ2n) is 10.9. The van der Waals surface area contributed by atoms with E-state index in [-0.39, 0.29) is 23.3 Å². The SMILES string of the molecule is CCC(CC)C[C@H](O)[C@H](CC1CCCCC1)NC(=O)[C@H](Cc1cn(S(=O)(=O)c2ccc(C)cc2)cn1)NC. The van der Waals surface area contributed by atoms with Gasteiger partial charge in [0.15, 0.2) is 0 Å². The molecule has 3 atom stereocenters. The quantitative estimate of drug-likeness (QED) is 0.327. The lowest BCUT2D eigenvalue weighted by Gasteiger charge is -2.32. The second kappa shape index (κ2) is 14.2. The van der Waals surface area contributed by atoms with Crippen LogP contribution in [0.25, 0.3) is 0 Å². The number of imidazole rings is 1. The van der Waals surface area contributed by atoms with Crippen LogP contribution >= 0.6 is 0 Å². The Labute approximate surface area is 228 Å². The van der Waals surface area contributed by atoms with Gasteiger partial charge in [-0.05, 0) is 50.8 Å². The fourth-order valence-corrected chi connectivity index (χ4v) is 6.61. The fraction of sp³-hybridized carbons (Fsp3) is 0.655. The van der Waals surface area contributed by atoms with Gasteiger partial charge in [0.2, 0.25) is 5.91 Å². The summed E-state index contributed by atoms with van der Waals surface area (Å²) in [6, 6.07) is 5.76. The van der Waals surface area contributed by atoms with E-state index in [1.807, 2.05) is 6.92 Å². The Bertz CT molecular complexity index is 1110. The maximum Gasteiger partial charge on any atom is 0.268 e. The predicted octanol–water partition coefficient (Wildman–Crippen LogP) is 4.20. The van der Waals surface area contributed by atoms with Crippen LogP contribution in [0.3, 0.4) is 0 Å². The Morgan fingerprint density at radius 3 is 2.39 bits per heavy atom. The van der Waals surface area contributed by atoms with Crippen LogP contribution in [0.2, 0.25) is 0 Å². The number of likely N-dealkylation sites (N-methyl/N-ethyl adjacent to an activating group) is 1. The minimum Gasteiger partial charge on any atom is -0.391 e. The first-order valence-electron chi connectivity index (χ1n) is 14.2. The van der Waals surface area contributed by atoms with Gasteiger partial charge >= 0.3 is 0 Å². The third-order valence-corrected chi connectivity index (χ3v) is 9.74. The summed E-state index contributed by atoms with van der Waals surface area (Å²) in [6.45, 7) is 6.19. The van der Waals surface area contributed by atoms with E-state index in [0.29, 0.717) is 24.0 Å². The molecule has 9 heteroatoms. The highest BCUT2D eigenvalue weighted by Crippen LogP contribution is 2.29. The van der Waals surface area contributed by atoms with Gasteiger partial charge in [-0.1, -0.05) is 76.5 Å². The van der Waals surface area contributed by atoms with Crippen LogP contribution in [0.5, 0.6) is 0 Å². The van der Waals surface area contributed by atoms with E-state index in [9.17, 15) is 18.3 Å². The van der Waals surface area contributed by atoms with E-state index < -0.39 is 22.2 Å². The number of rotatable bonds is 14. The summed E-state index contributed by atoms with van der Waals surface area (Å²) >= 11 is 0. The first-order valence-corrected chi connectivity index (χ1v) is 15.6. The van der Waals surface area contributed by atoms with Crippen molar-refractivity contribution < 1.29 is 18.3 Å². The van der Waals surface area contributed by atoms with Crippen LogP contribution in [-0.4, -0.2) is 53.6 Å². The molecule has 1 aromatic heterocycles. The number of aliphatic hydroxyl groups is 1. The van der Waals surface area contributed by atoms with Crippen molar-refractivity contribution in [3.8, 4) is 0 Å². The van der Waals surface area contributed by atoms with Crippen molar-refractivity contribution >= 4 is 15.9 Å². The number of hydrogen-bond donors (Lipinski definition) is 3. The first-order chi connectivity index (χ1) is 18.2. The van der Waals surface area contributed by atoms with Crippen LogP contribution in [0.15, 0.2) is 41.7 Å². The number of hydrogen-bond acceptors (Lipinski definition) is 6. The summed E-state index contributed by atoms with van der Waals surface area (Å²) in [5.74, 6) is 0.740. The third-order valence-electron chi connectivity index (χ3n) is 8.12. The monoisotopic (exact) mass is 546 g/mol. The minimum atomic E-state index is -3.76. The molecule has 2 aromatic rings. The largest absolute Gasteiger partial charge is 0.391 e. The van der Waals surface area contributed by atoms with Crippen molar-refractivity contribution in [2.24, 2.45) is 11.8 Å². The Kier molecular flexibility index (Phi) is 11.4. The predicted molar refractivity (Wildman–Crippen MR) is 150 cm³/mol. The van der Waals surface area contributed by atoms with Gasteiger partial charge in [-0.15, -0.1) is 0 Å². The molecule has 8 nitrogen and oxygen atoms in total. The van der Waals surface area contributed by atoms with Crippen molar-refractivity contribution in [2.75, 3.05) is 7.05 Å². The molecule has 3 rings (SSSR count). The van der Waals surface area contributed by atoms with Gasteiger partial charge in [-0.3, -0.25) is 4.79 Å². The fourth-order valence-electron chi connectivity index (χ4n) is 5.45. The molecule has 1 fully saturated rings. The molecule has 38 heavy (non-hydrogen) atoms. The molecule has 1 heterocycles. The lowest BCUT2D eigenvalue weighted by atomic mass is 9.82. The van der Waals surface area contributed by atoms with Gasteiger partial charge in [0.25, 0.3) is 10.0 Å². The summed E-state index contributed by atoms with van der Waals surface area (Å²) in [5.41, 5.74) is 1.47. The van der Waals surface area contributed by atoms with E-state index >= 15 is 0 Å². The van der Waals surface area contributed by atoms with Gasteiger partial charge in [-0.2, -0.15) is 0 Å². The molecule has 1 aliphatic rings. The summed E-state index contributed by atoms with van der Waals surface area (Å²) in [5, 5.41) is 17.4. The molecule has 0 bridgehead atoms. The van der Waals surface area contributed by atoms with E-state index in [1.54, 1.807) is 31.3 Å². The number of nitrogens with zero attached hydrogens (tertiary/aromatic N) is 2. The van der Waals surface area contributed by atoms with Gasteiger partial charge in [0.05, 0.1) is 28.8 Å². The maximum absolute atomic E-state index is 13.4. The molecule has 1 amide bonds. The van der Waals surface area contributed by atoms with Crippen molar-refractivity contribution in [1.82, 2.24) is 19.6 Å². The molecule has 3 N–H and O–H groups in total. The van der Waals surface area contributed by atoms with Crippen molar-refractivity contribution in [3.63, 3.8) is 0 Å². The highest BCUT2D eigenvalue weighted by molar-refractivity contribution is 7.90. The summed E-state index contributed by atoms with van der Waals surface area (Å²) in [4.78, 5) is 17.8. The van der Waals surface area contributed by atoms with E-state index in [2.05, 4.69) is 29.5 Å². The Hall–Kier alpha value is -2.23. The average molecular weight is 547 g/mol. The molecule has 1 aromatic carbocycles. The minimum absolute atomic E-state index is 0.187. The molecule has 212 valence electrons. The Morgan fingerprint density at radius 1 is 1.13 bits per heavy atom. The summed E-state index contributed by atoms with van der Waals surface area (Å²) < 4.78 is 27.1. The zero-order valence-electron chi connectivity index (χ0n) is 23.4. The van der Waals surface area contributed by atoms with Crippen molar-refractivity contribution in [1.29, 1.82) is 0 Å². The Balaban J connectivity index is 1.70. The lowest BCUT2D eigenvalue weighted by Crippen LogP contribution is -2.52. The van der Waals surface area contributed by atoms with Gasteiger partial charge in [0.1, 0.15) is 6.33 Å². The van der Waals surface area contributed by atoms with Crippen LogP contribution in [0.1, 0.15) is 82.9 Å². The molecule has 0 radical (unpaired) electrons. The molecular formula is C29H46N4O4S. The second-order valence-corrected chi connectivity index (χ2v) is 12.7. The number of nitrogens with one attached hydrogen (secondary N) is 2. The molecule has 1 aliphatic carbocycles. The average Bonchev–Trinajstić information content (AvgIpc) is 3.40. The summed E-state index contributed by atoms with van der Waals surface area (Å²) in [6.07, 6.45) is 11.8. The van der Waals surface area contributed by atoms with Gasteiger partial charge in [-0.25, -0.2) is 17.4 Å². The number of carbonyl (C=O) groups is 1. The standard InChI is InChI=1S/C29H46N4O4S/c1-5-22(6-2)17-28(34)26(16-23-10-8-7-9-11-23)32-29(35)27(30-4)18-24-19-33(20-31-24)38(36,37)25-14-12-21(3)13-15-25/h12-15,19-20,22-23,26-28,30,34H,5-11,16-18H2,1-4H3,(H,32,35)/t26-,27-,28-/m0/s1. The van der Waals surface area contributed by atoms with Crippen LogP contribution in [-0.2, 0) is 21.2 Å². The van der Waals surface area contributed by atoms with Crippen LogP contribution in [0.4, 0.5) is 0 Å². The van der Waals surface area contributed by atoms with Crippen molar-refractivity contribution in [3.05, 3.63) is 48.0 Å². The Morgan fingerprint density at radius 2 is 1.79 bits per heavy atom. The number of aliphatic hydroxyl groups excluding tert-OH is 1. The first kappa shape index (κ1) is 30.3. The molecule has 1 saturated carbocycles. The molecule has 0 aliphatic heterocycles. The van der Waals surface area contributed by atoms with Gasteiger partial charge in [0, 0.05) is 12.6 Å². The smallest absolute Gasteiger partial charge is 0.268 e. The summed E-state index contributed by atoms with van der Waals surface area (Å²) in [7, 11) is -2.05. The molecule has 0 spiro atoms. The van der Waals surface area contributed by atoms with Crippen molar-refractivity contribution in [2.45, 2.75) is 108 Å². The number of aryl methyl sites for hydroxylation is 1. The highest BCUT2D eigenvalue weighted by Gasteiger charge is 2.30. The molecule has 0 unspecified atom stereocenters. The number of aromatic nitrogens is 2. The van der Waals surface area contributed by atoms with E-state index in [4.69, 9.17) is 0 Å². The maximum atomic E-state index is 13.4. The molecule has 0 saturated heterocycles. The number of benzene rings is 1. The van der Waals surface area contributed by atoms with Crippen LogP contribution < -0.4 is 10.6 Å². The normalized spacial score (nSPS) is 17.3. The zero-order chi connectivity index (χ0) is 27.7. The van der Waals surface area contributed by atoms with Gasteiger partial charge < -0.3 is 15.7 Å². The zero-order valence-corrected chi connectivity index (χ0v) is 24.2. The van der Waals surface area contributed by atoms with E-state index in [0.717, 1.165) is 41.6 Å².